The zero-order valence-electron chi connectivity index (χ0n) is 10.5. The van der Waals surface area contributed by atoms with Crippen molar-refractivity contribution in [2.75, 3.05) is 0 Å². The molecule has 2 atom stereocenters. The normalized spacial score (nSPS) is 23.7. The van der Waals surface area contributed by atoms with Crippen LogP contribution in [0.25, 0.3) is 0 Å². The fraction of sp³-hybridized carbons (Fsp3) is 0.500. The van der Waals surface area contributed by atoms with E-state index in [4.69, 9.17) is 21.4 Å². The second kappa shape index (κ2) is 6.26. The highest BCUT2D eigenvalue weighted by Gasteiger charge is 2.23. The molecule has 0 saturated heterocycles. The quantitative estimate of drug-likeness (QED) is 0.837. The van der Waals surface area contributed by atoms with E-state index in [0.717, 1.165) is 32.1 Å². The number of aromatic carboxylic acids is 1. The summed E-state index contributed by atoms with van der Waals surface area (Å²) in [5, 5.41) is 19.2. The van der Waals surface area contributed by atoms with Gasteiger partial charge in [0.05, 0.1) is 16.7 Å². The molecule has 1 saturated carbocycles. The maximum absolute atomic E-state index is 11.0. The predicted molar refractivity (Wildman–Crippen MR) is 71.9 cm³/mol. The SMILES string of the molecule is O=C(O)c1cc(OC2CCCCCC2O)ccc1Cl. The fourth-order valence-electron chi connectivity index (χ4n) is 2.31. The van der Waals surface area contributed by atoms with Gasteiger partial charge in [-0.15, -0.1) is 0 Å². The van der Waals surface area contributed by atoms with Crippen molar-refractivity contribution >= 4 is 17.6 Å². The third-order valence-electron chi connectivity index (χ3n) is 3.37. The van der Waals surface area contributed by atoms with E-state index in [1.54, 1.807) is 6.07 Å². The molecule has 1 aliphatic rings. The van der Waals surface area contributed by atoms with Crippen LogP contribution >= 0.6 is 11.6 Å². The standard InChI is InChI=1S/C14H17ClO4/c15-11-7-6-9(8-10(11)14(17)18)19-13-5-3-1-2-4-12(13)16/h6-8,12-13,16H,1-5H2,(H,17,18). The number of hydrogen-bond acceptors (Lipinski definition) is 3. The summed E-state index contributed by atoms with van der Waals surface area (Å²) in [5.41, 5.74) is 0.0160. The summed E-state index contributed by atoms with van der Waals surface area (Å²) in [7, 11) is 0. The first-order valence-corrected chi connectivity index (χ1v) is 6.83. The molecule has 4 nitrogen and oxygen atoms in total. The number of carbonyl (C=O) groups is 1. The fourth-order valence-corrected chi connectivity index (χ4v) is 2.51. The maximum atomic E-state index is 11.0. The van der Waals surface area contributed by atoms with E-state index in [2.05, 4.69) is 0 Å². The molecule has 0 amide bonds. The topological polar surface area (TPSA) is 66.8 Å². The van der Waals surface area contributed by atoms with Crippen molar-refractivity contribution in [3.05, 3.63) is 28.8 Å². The number of carboxylic acid groups (broad SMARTS) is 1. The van der Waals surface area contributed by atoms with Crippen molar-refractivity contribution in [2.24, 2.45) is 0 Å². The summed E-state index contributed by atoms with van der Waals surface area (Å²) in [4.78, 5) is 11.0. The third-order valence-corrected chi connectivity index (χ3v) is 3.70. The van der Waals surface area contributed by atoms with Gasteiger partial charge < -0.3 is 14.9 Å². The lowest BCUT2D eigenvalue weighted by atomic mass is 10.1. The number of halogens is 1. The van der Waals surface area contributed by atoms with Crippen molar-refractivity contribution in [3.8, 4) is 5.75 Å². The van der Waals surface area contributed by atoms with Crippen molar-refractivity contribution in [3.63, 3.8) is 0 Å². The molecule has 1 aromatic rings. The number of ether oxygens (including phenoxy) is 1. The Balaban J connectivity index is 2.13. The highest BCUT2D eigenvalue weighted by molar-refractivity contribution is 6.33. The van der Waals surface area contributed by atoms with Crippen LogP contribution in [-0.4, -0.2) is 28.4 Å². The van der Waals surface area contributed by atoms with Crippen molar-refractivity contribution in [1.29, 1.82) is 0 Å². The van der Waals surface area contributed by atoms with Gasteiger partial charge in [-0.1, -0.05) is 24.4 Å². The van der Waals surface area contributed by atoms with Gasteiger partial charge >= 0.3 is 5.97 Å². The van der Waals surface area contributed by atoms with E-state index in [-0.39, 0.29) is 16.7 Å². The smallest absolute Gasteiger partial charge is 0.337 e. The lowest BCUT2D eigenvalue weighted by Crippen LogP contribution is -2.30. The van der Waals surface area contributed by atoms with Crippen LogP contribution in [0.1, 0.15) is 42.5 Å². The lowest BCUT2D eigenvalue weighted by molar-refractivity contribution is 0.0319. The Bertz CT molecular complexity index is 461. The van der Waals surface area contributed by atoms with Gasteiger partial charge in [-0.3, -0.25) is 0 Å². The Morgan fingerprint density at radius 3 is 2.74 bits per heavy atom. The van der Waals surface area contributed by atoms with Crippen LogP contribution in [0, 0.1) is 0 Å². The zero-order chi connectivity index (χ0) is 13.8. The van der Waals surface area contributed by atoms with E-state index < -0.39 is 12.1 Å². The zero-order valence-corrected chi connectivity index (χ0v) is 11.3. The van der Waals surface area contributed by atoms with E-state index >= 15 is 0 Å². The molecule has 2 rings (SSSR count). The van der Waals surface area contributed by atoms with Gasteiger partial charge in [0.15, 0.2) is 0 Å². The van der Waals surface area contributed by atoms with Crippen molar-refractivity contribution in [1.82, 2.24) is 0 Å². The number of benzene rings is 1. The number of aliphatic hydroxyl groups is 1. The summed E-state index contributed by atoms with van der Waals surface area (Å²) < 4.78 is 5.72. The Morgan fingerprint density at radius 1 is 1.26 bits per heavy atom. The van der Waals surface area contributed by atoms with Crippen molar-refractivity contribution < 1.29 is 19.7 Å². The molecule has 0 radical (unpaired) electrons. The molecule has 0 heterocycles. The van der Waals surface area contributed by atoms with Gasteiger partial charge in [-0.05, 0) is 37.5 Å². The van der Waals surface area contributed by atoms with Crippen LogP contribution in [-0.2, 0) is 0 Å². The molecule has 2 unspecified atom stereocenters. The lowest BCUT2D eigenvalue weighted by Gasteiger charge is -2.22. The molecule has 1 fully saturated rings. The molecule has 0 aliphatic heterocycles. The molecule has 0 spiro atoms. The number of hydrogen-bond donors (Lipinski definition) is 2. The minimum atomic E-state index is -1.09. The molecule has 5 heteroatoms. The van der Waals surface area contributed by atoms with Gasteiger partial charge in [-0.25, -0.2) is 4.79 Å². The average Bonchev–Trinajstić information content (AvgIpc) is 2.57. The summed E-state index contributed by atoms with van der Waals surface area (Å²) in [6.07, 6.45) is 3.86. The Labute approximate surface area is 117 Å². The Hall–Kier alpha value is -1.26. The first kappa shape index (κ1) is 14.2. The molecule has 0 bridgehead atoms. The Kier molecular flexibility index (Phi) is 4.66. The Morgan fingerprint density at radius 2 is 2.00 bits per heavy atom. The number of rotatable bonds is 3. The maximum Gasteiger partial charge on any atom is 0.337 e. The molecule has 104 valence electrons. The molecule has 19 heavy (non-hydrogen) atoms. The van der Waals surface area contributed by atoms with Crippen LogP contribution in [0.3, 0.4) is 0 Å². The summed E-state index contributed by atoms with van der Waals surface area (Å²) in [6, 6.07) is 4.54. The van der Waals surface area contributed by atoms with Gasteiger partial charge in [-0.2, -0.15) is 0 Å². The summed E-state index contributed by atoms with van der Waals surface area (Å²) in [5.74, 6) is -0.649. The second-order valence-electron chi connectivity index (χ2n) is 4.81. The molecular weight excluding hydrogens is 268 g/mol. The number of carboxylic acids is 1. The number of aliphatic hydroxyl groups excluding tert-OH is 1. The minimum absolute atomic E-state index is 0.0160. The van der Waals surface area contributed by atoms with Crippen LogP contribution in [0.2, 0.25) is 5.02 Å². The highest BCUT2D eigenvalue weighted by atomic mass is 35.5. The average molecular weight is 285 g/mol. The van der Waals surface area contributed by atoms with Crippen LogP contribution in [0.15, 0.2) is 18.2 Å². The van der Waals surface area contributed by atoms with Gasteiger partial charge in [0, 0.05) is 0 Å². The molecule has 2 N–H and O–H groups in total. The van der Waals surface area contributed by atoms with Crippen molar-refractivity contribution in [2.45, 2.75) is 44.3 Å². The monoisotopic (exact) mass is 284 g/mol. The molecule has 1 aromatic carbocycles. The molecule has 0 aromatic heterocycles. The van der Waals surface area contributed by atoms with Gasteiger partial charge in [0.25, 0.3) is 0 Å². The third kappa shape index (κ3) is 3.61. The second-order valence-corrected chi connectivity index (χ2v) is 5.22. The first-order chi connectivity index (χ1) is 9.08. The van der Waals surface area contributed by atoms with Gasteiger partial charge in [0.2, 0.25) is 0 Å². The van der Waals surface area contributed by atoms with Crippen LogP contribution in [0.4, 0.5) is 0 Å². The first-order valence-electron chi connectivity index (χ1n) is 6.45. The minimum Gasteiger partial charge on any atom is -0.488 e. The predicted octanol–water partition coefficient (Wildman–Crippen LogP) is 3.11. The summed E-state index contributed by atoms with van der Waals surface area (Å²) in [6.45, 7) is 0. The van der Waals surface area contributed by atoms with E-state index in [1.807, 2.05) is 0 Å². The van der Waals surface area contributed by atoms with Crippen LogP contribution in [0.5, 0.6) is 5.75 Å². The molecule has 1 aliphatic carbocycles. The van der Waals surface area contributed by atoms with E-state index in [9.17, 15) is 9.90 Å². The van der Waals surface area contributed by atoms with Gasteiger partial charge in [0.1, 0.15) is 11.9 Å². The summed E-state index contributed by atoms with van der Waals surface area (Å²) >= 11 is 5.80. The van der Waals surface area contributed by atoms with E-state index in [1.165, 1.54) is 12.1 Å². The van der Waals surface area contributed by atoms with Crippen LogP contribution < -0.4 is 4.74 Å². The largest absolute Gasteiger partial charge is 0.488 e. The molecular formula is C14H17ClO4. The van der Waals surface area contributed by atoms with E-state index in [0.29, 0.717) is 5.75 Å². The highest BCUT2D eigenvalue weighted by Crippen LogP contribution is 2.26.